The second kappa shape index (κ2) is 7.44. The molecule has 0 bridgehead atoms. The molecule has 3 atom stereocenters. The Hall–Kier alpha value is -0.570. The quantitative estimate of drug-likeness (QED) is 0.831. The van der Waals surface area contributed by atoms with E-state index in [4.69, 9.17) is 5.73 Å². The third-order valence-electron chi connectivity index (χ3n) is 5.62. The third kappa shape index (κ3) is 4.47. The van der Waals surface area contributed by atoms with Gasteiger partial charge in [-0.2, -0.15) is 0 Å². The van der Waals surface area contributed by atoms with E-state index < -0.39 is 0 Å². The molecule has 0 aromatic carbocycles. The Kier molecular flexibility index (Phi) is 5.88. The summed E-state index contributed by atoms with van der Waals surface area (Å²) in [5, 5.41) is 3.15. The van der Waals surface area contributed by atoms with E-state index in [1.54, 1.807) is 0 Å². The van der Waals surface area contributed by atoms with E-state index in [9.17, 15) is 4.79 Å². The molecule has 20 heavy (non-hydrogen) atoms. The summed E-state index contributed by atoms with van der Waals surface area (Å²) in [6.07, 6.45) is 9.58. The van der Waals surface area contributed by atoms with Crippen LogP contribution in [0.25, 0.3) is 0 Å². The molecule has 2 aliphatic carbocycles. The van der Waals surface area contributed by atoms with Gasteiger partial charge < -0.3 is 11.1 Å². The van der Waals surface area contributed by atoms with Gasteiger partial charge in [-0.3, -0.25) is 4.79 Å². The Balaban J connectivity index is 1.63. The van der Waals surface area contributed by atoms with Crippen LogP contribution in [-0.4, -0.2) is 18.5 Å². The Morgan fingerprint density at radius 3 is 2.45 bits per heavy atom. The Labute approximate surface area is 124 Å². The number of nitrogens with one attached hydrogen (secondary N) is 1. The minimum atomic E-state index is 0.160. The highest BCUT2D eigenvalue weighted by atomic mass is 16.1. The first-order valence-corrected chi connectivity index (χ1v) is 8.59. The van der Waals surface area contributed by atoms with Crippen LogP contribution < -0.4 is 11.1 Å². The largest absolute Gasteiger partial charge is 0.356 e. The van der Waals surface area contributed by atoms with Crippen molar-refractivity contribution in [1.82, 2.24) is 5.32 Å². The highest BCUT2D eigenvalue weighted by Gasteiger charge is 2.29. The molecule has 0 aromatic rings. The van der Waals surface area contributed by atoms with E-state index in [-0.39, 0.29) is 17.9 Å². The molecule has 3 nitrogen and oxygen atoms in total. The van der Waals surface area contributed by atoms with E-state index in [2.05, 4.69) is 19.2 Å². The third-order valence-corrected chi connectivity index (χ3v) is 5.62. The fourth-order valence-electron chi connectivity index (χ4n) is 3.76. The van der Waals surface area contributed by atoms with Crippen molar-refractivity contribution in [2.75, 3.05) is 6.54 Å². The molecule has 3 unspecified atom stereocenters. The minimum absolute atomic E-state index is 0.160. The predicted molar refractivity (Wildman–Crippen MR) is 83.2 cm³/mol. The van der Waals surface area contributed by atoms with Crippen molar-refractivity contribution >= 4 is 5.91 Å². The first-order chi connectivity index (χ1) is 9.56. The van der Waals surface area contributed by atoms with Crippen molar-refractivity contribution in [2.45, 2.75) is 71.3 Å². The maximum atomic E-state index is 12.2. The maximum Gasteiger partial charge on any atom is 0.223 e. The zero-order valence-electron chi connectivity index (χ0n) is 13.2. The lowest BCUT2D eigenvalue weighted by atomic mass is 9.79. The Bertz CT molecular complexity index is 310. The Morgan fingerprint density at radius 2 is 1.80 bits per heavy atom. The fourth-order valence-corrected chi connectivity index (χ4v) is 3.76. The summed E-state index contributed by atoms with van der Waals surface area (Å²) in [5.74, 6) is 2.72. The van der Waals surface area contributed by atoms with Crippen LogP contribution in [0.3, 0.4) is 0 Å². The molecule has 2 rings (SSSR count). The Morgan fingerprint density at radius 1 is 1.10 bits per heavy atom. The van der Waals surface area contributed by atoms with Crippen molar-refractivity contribution in [3.8, 4) is 0 Å². The maximum absolute atomic E-state index is 12.2. The van der Waals surface area contributed by atoms with Crippen LogP contribution in [0.5, 0.6) is 0 Å². The van der Waals surface area contributed by atoms with E-state index in [1.165, 1.54) is 25.7 Å². The van der Waals surface area contributed by atoms with Crippen LogP contribution in [0.2, 0.25) is 0 Å². The van der Waals surface area contributed by atoms with E-state index in [0.717, 1.165) is 44.1 Å². The van der Waals surface area contributed by atoms with Crippen molar-refractivity contribution in [3.63, 3.8) is 0 Å². The summed E-state index contributed by atoms with van der Waals surface area (Å²) in [7, 11) is 0. The molecule has 0 saturated heterocycles. The van der Waals surface area contributed by atoms with Crippen molar-refractivity contribution < 1.29 is 4.79 Å². The standard InChI is InChI=1S/C17H32N2O/c1-12-3-6-14(7-4-12)9-10-19-17(20)15-8-5-13(2)16(18)11-15/h12-16H,3-11,18H2,1-2H3,(H,19,20). The van der Waals surface area contributed by atoms with Crippen LogP contribution in [0, 0.1) is 23.7 Å². The van der Waals surface area contributed by atoms with Gasteiger partial charge in [-0.15, -0.1) is 0 Å². The van der Waals surface area contributed by atoms with E-state index in [0.29, 0.717) is 5.92 Å². The van der Waals surface area contributed by atoms with Crippen molar-refractivity contribution in [1.29, 1.82) is 0 Å². The zero-order valence-corrected chi connectivity index (χ0v) is 13.2. The van der Waals surface area contributed by atoms with Crippen LogP contribution in [-0.2, 0) is 4.79 Å². The summed E-state index contributed by atoms with van der Waals surface area (Å²) in [5.41, 5.74) is 6.09. The lowest BCUT2D eigenvalue weighted by Crippen LogP contribution is -2.41. The molecular weight excluding hydrogens is 248 g/mol. The molecular formula is C17H32N2O. The van der Waals surface area contributed by atoms with Crippen molar-refractivity contribution in [2.24, 2.45) is 29.4 Å². The summed E-state index contributed by atoms with van der Waals surface area (Å²) in [4.78, 5) is 12.2. The summed E-state index contributed by atoms with van der Waals surface area (Å²) in [6, 6.07) is 0.208. The molecule has 0 heterocycles. The highest BCUT2D eigenvalue weighted by Crippen LogP contribution is 2.30. The van der Waals surface area contributed by atoms with E-state index >= 15 is 0 Å². The number of hydrogen-bond acceptors (Lipinski definition) is 2. The van der Waals surface area contributed by atoms with Gasteiger partial charge in [0.1, 0.15) is 0 Å². The van der Waals surface area contributed by atoms with Gasteiger partial charge in [0.05, 0.1) is 0 Å². The summed E-state index contributed by atoms with van der Waals surface area (Å²) >= 11 is 0. The number of nitrogens with two attached hydrogens (primary N) is 1. The lowest BCUT2D eigenvalue weighted by molar-refractivity contribution is -0.126. The minimum Gasteiger partial charge on any atom is -0.356 e. The fraction of sp³-hybridized carbons (Fsp3) is 0.941. The number of carbonyl (C=O) groups excluding carboxylic acids is 1. The average molecular weight is 280 g/mol. The van der Waals surface area contributed by atoms with Gasteiger partial charge in [-0.1, -0.05) is 39.5 Å². The predicted octanol–water partition coefficient (Wildman–Crippen LogP) is 3.08. The zero-order chi connectivity index (χ0) is 14.5. The van der Waals surface area contributed by atoms with Crippen molar-refractivity contribution in [3.05, 3.63) is 0 Å². The SMILES string of the molecule is CC1CCC(CCNC(=O)C2CCC(C)C(N)C2)CC1. The highest BCUT2D eigenvalue weighted by molar-refractivity contribution is 5.78. The topological polar surface area (TPSA) is 55.1 Å². The molecule has 0 spiro atoms. The summed E-state index contributed by atoms with van der Waals surface area (Å²) < 4.78 is 0. The number of carbonyl (C=O) groups is 1. The van der Waals surface area contributed by atoms with Crippen LogP contribution in [0.4, 0.5) is 0 Å². The molecule has 2 fully saturated rings. The summed E-state index contributed by atoms with van der Waals surface area (Å²) in [6.45, 7) is 5.41. The lowest BCUT2D eigenvalue weighted by Gasteiger charge is -2.31. The van der Waals surface area contributed by atoms with Crippen LogP contribution in [0.15, 0.2) is 0 Å². The first-order valence-electron chi connectivity index (χ1n) is 8.59. The molecule has 1 amide bonds. The molecule has 3 heteroatoms. The van der Waals surface area contributed by atoms with Gasteiger partial charge in [0.2, 0.25) is 5.91 Å². The normalized spacial score (nSPS) is 38.5. The van der Waals surface area contributed by atoms with E-state index in [1.807, 2.05) is 0 Å². The molecule has 2 saturated carbocycles. The first kappa shape index (κ1) is 15.8. The molecule has 2 aliphatic rings. The smallest absolute Gasteiger partial charge is 0.223 e. The van der Waals surface area contributed by atoms with Gasteiger partial charge in [-0.25, -0.2) is 0 Å². The molecule has 116 valence electrons. The second-order valence-corrected chi connectivity index (χ2v) is 7.36. The molecule has 0 aromatic heterocycles. The van der Waals surface area contributed by atoms with Crippen LogP contribution >= 0.6 is 0 Å². The second-order valence-electron chi connectivity index (χ2n) is 7.36. The van der Waals surface area contributed by atoms with Gasteiger partial charge in [-0.05, 0) is 43.4 Å². The van der Waals surface area contributed by atoms with Gasteiger partial charge in [0.15, 0.2) is 0 Å². The van der Waals surface area contributed by atoms with Gasteiger partial charge in [0, 0.05) is 18.5 Å². The van der Waals surface area contributed by atoms with Crippen LogP contribution in [0.1, 0.15) is 65.2 Å². The number of amides is 1. The molecule has 3 N–H and O–H groups in total. The molecule has 0 aliphatic heterocycles. The molecule has 0 radical (unpaired) electrons. The average Bonchev–Trinajstić information content (AvgIpc) is 2.44. The number of rotatable bonds is 4. The monoisotopic (exact) mass is 280 g/mol. The van der Waals surface area contributed by atoms with Gasteiger partial charge >= 0.3 is 0 Å². The van der Waals surface area contributed by atoms with Gasteiger partial charge in [0.25, 0.3) is 0 Å². The number of hydrogen-bond donors (Lipinski definition) is 2.